The van der Waals surface area contributed by atoms with E-state index in [0.29, 0.717) is 6.61 Å². The van der Waals surface area contributed by atoms with Crippen LogP contribution in [0.3, 0.4) is 0 Å². The summed E-state index contributed by atoms with van der Waals surface area (Å²) in [4.78, 5) is 5.00. The third-order valence-corrected chi connectivity index (χ3v) is 5.30. The van der Waals surface area contributed by atoms with Gasteiger partial charge in [-0.15, -0.1) is 0 Å². The number of ether oxygens (including phenoxy) is 1. The molecular weight excluding hydrogens is 421 g/mol. The molecule has 0 radical (unpaired) electrons. The second kappa shape index (κ2) is 5.85. The Morgan fingerprint density at radius 3 is 2.56 bits per heavy atom. The standard InChI is InChI=1S/C22H14INO/c23-15-10-11-19-17(12-15)21(14-6-2-1-3-7-14)18-13-25-20-9-5-4-8-16(20)22(18)24-19/h1-12H,13H2. The van der Waals surface area contributed by atoms with Gasteiger partial charge in [0, 0.05) is 20.1 Å². The zero-order valence-electron chi connectivity index (χ0n) is 13.4. The lowest BCUT2D eigenvalue weighted by atomic mass is 9.91. The van der Waals surface area contributed by atoms with Crippen molar-refractivity contribution in [2.75, 3.05) is 0 Å². The third-order valence-electron chi connectivity index (χ3n) is 4.62. The molecule has 1 aromatic heterocycles. The lowest BCUT2D eigenvalue weighted by Crippen LogP contribution is -2.09. The second-order valence-electron chi connectivity index (χ2n) is 6.13. The molecule has 0 bridgehead atoms. The Bertz CT molecular complexity index is 1110. The zero-order valence-corrected chi connectivity index (χ0v) is 15.5. The molecule has 1 aliphatic heterocycles. The summed E-state index contributed by atoms with van der Waals surface area (Å²) in [5.74, 6) is 0.909. The maximum Gasteiger partial charge on any atom is 0.129 e. The molecule has 0 amide bonds. The van der Waals surface area contributed by atoms with E-state index in [0.717, 1.165) is 22.5 Å². The normalized spacial score (nSPS) is 12.4. The van der Waals surface area contributed by atoms with Gasteiger partial charge < -0.3 is 4.74 Å². The number of benzene rings is 3. The van der Waals surface area contributed by atoms with Gasteiger partial charge in [-0.3, -0.25) is 0 Å². The molecular formula is C22H14INO. The van der Waals surface area contributed by atoms with Gasteiger partial charge in [0.05, 0.1) is 11.2 Å². The number of nitrogens with zero attached hydrogens (tertiary/aromatic N) is 1. The minimum absolute atomic E-state index is 0.547. The molecule has 1 aliphatic rings. The minimum atomic E-state index is 0.547. The molecule has 2 heterocycles. The van der Waals surface area contributed by atoms with Crippen LogP contribution in [-0.2, 0) is 6.61 Å². The Morgan fingerprint density at radius 1 is 0.880 bits per heavy atom. The number of aromatic nitrogens is 1. The van der Waals surface area contributed by atoms with Crippen LogP contribution in [0.5, 0.6) is 5.75 Å². The van der Waals surface area contributed by atoms with Crippen molar-refractivity contribution in [3.63, 3.8) is 0 Å². The molecule has 0 N–H and O–H groups in total. The van der Waals surface area contributed by atoms with Gasteiger partial charge in [-0.2, -0.15) is 0 Å². The highest BCUT2D eigenvalue weighted by Gasteiger charge is 2.24. The van der Waals surface area contributed by atoms with Gasteiger partial charge >= 0.3 is 0 Å². The van der Waals surface area contributed by atoms with Crippen LogP contribution in [0.2, 0.25) is 0 Å². The topological polar surface area (TPSA) is 22.1 Å². The van der Waals surface area contributed by atoms with E-state index in [1.165, 1.54) is 25.6 Å². The Kier molecular flexibility index (Phi) is 3.48. The largest absolute Gasteiger partial charge is 0.488 e. The first kappa shape index (κ1) is 14.9. The lowest BCUT2D eigenvalue weighted by molar-refractivity contribution is 0.302. The number of para-hydroxylation sites is 1. The van der Waals surface area contributed by atoms with E-state index >= 15 is 0 Å². The van der Waals surface area contributed by atoms with E-state index in [1.54, 1.807) is 0 Å². The molecule has 0 saturated heterocycles. The molecule has 120 valence electrons. The van der Waals surface area contributed by atoms with Crippen molar-refractivity contribution >= 4 is 33.5 Å². The Labute approximate surface area is 159 Å². The summed E-state index contributed by atoms with van der Waals surface area (Å²) in [6, 6.07) is 25.1. The lowest BCUT2D eigenvalue weighted by Gasteiger charge is -2.24. The molecule has 5 rings (SSSR count). The highest BCUT2D eigenvalue weighted by atomic mass is 127. The Hall–Kier alpha value is -2.40. The number of halogens is 1. The van der Waals surface area contributed by atoms with Crippen LogP contribution in [0.4, 0.5) is 0 Å². The Morgan fingerprint density at radius 2 is 1.68 bits per heavy atom. The molecule has 4 aromatic rings. The van der Waals surface area contributed by atoms with Crippen molar-refractivity contribution in [1.82, 2.24) is 4.98 Å². The maximum absolute atomic E-state index is 6.05. The molecule has 3 heteroatoms. The molecule has 0 unspecified atom stereocenters. The summed E-state index contributed by atoms with van der Waals surface area (Å²) < 4.78 is 7.26. The summed E-state index contributed by atoms with van der Waals surface area (Å²) in [6.45, 7) is 0.547. The maximum atomic E-state index is 6.05. The summed E-state index contributed by atoms with van der Waals surface area (Å²) in [5, 5.41) is 1.18. The third kappa shape index (κ3) is 2.42. The zero-order chi connectivity index (χ0) is 16.8. The first-order valence-electron chi connectivity index (χ1n) is 8.21. The van der Waals surface area contributed by atoms with E-state index in [-0.39, 0.29) is 0 Å². The van der Waals surface area contributed by atoms with Gasteiger partial charge in [0.2, 0.25) is 0 Å². The SMILES string of the molecule is Ic1ccc2nc3c(c(-c4ccccc4)c2c1)COc1ccccc1-3. The quantitative estimate of drug-likeness (QED) is 0.339. The predicted molar refractivity (Wildman–Crippen MR) is 110 cm³/mol. The van der Waals surface area contributed by atoms with Crippen LogP contribution in [-0.4, -0.2) is 4.98 Å². The van der Waals surface area contributed by atoms with E-state index in [1.807, 2.05) is 18.2 Å². The molecule has 0 aliphatic carbocycles. The van der Waals surface area contributed by atoms with Crippen LogP contribution in [0.1, 0.15) is 5.56 Å². The van der Waals surface area contributed by atoms with Crippen molar-refractivity contribution in [2.45, 2.75) is 6.61 Å². The van der Waals surface area contributed by atoms with E-state index in [4.69, 9.17) is 9.72 Å². The van der Waals surface area contributed by atoms with Gasteiger partial charge in [-0.1, -0.05) is 42.5 Å². The Balaban J connectivity index is 1.93. The van der Waals surface area contributed by atoms with Gasteiger partial charge in [0.25, 0.3) is 0 Å². The van der Waals surface area contributed by atoms with E-state index in [9.17, 15) is 0 Å². The summed E-state index contributed by atoms with van der Waals surface area (Å²) >= 11 is 2.36. The smallest absolute Gasteiger partial charge is 0.129 e. The number of hydrogen-bond donors (Lipinski definition) is 0. The van der Waals surface area contributed by atoms with Gasteiger partial charge in [0.1, 0.15) is 12.4 Å². The molecule has 25 heavy (non-hydrogen) atoms. The van der Waals surface area contributed by atoms with Crippen molar-refractivity contribution in [1.29, 1.82) is 0 Å². The molecule has 0 saturated carbocycles. The van der Waals surface area contributed by atoms with E-state index in [2.05, 4.69) is 77.2 Å². The molecule has 0 spiro atoms. The van der Waals surface area contributed by atoms with Crippen molar-refractivity contribution in [3.05, 3.63) is 81.9 Å². The fourth-order valence-corrected chi connectivity index (χ4v) is 4.00. The summed E-state index contributed by atoms with van der Waals surface area (Å²) in [5.41, 5.74) is 6.73. The molecule has 3 aromatic carbocycles. The summed E-state index contributed by atoms with van der Waals surface area (Å²) in [6.07, 6.45) is 0. The van der Waals surface area contributed by atoms with Crippen LogP contribution >= 0.6 is 22.6 Å². The van der Waals surface area contributed by atoms with Gasteiger partial charge in [-0.05, 0) is 64.0 Å². The average molecular weight is 435 g/mol. The van der Waals surface area contributed by atoms with Gasteiger partial charge in [-0.25, -0.2) is 4.98 Å². The number of hydrogen-bond acceptors (Lipinski definition) is 2. The molecule has 0 atom stereocenters. The van der Waals surface area contributed by atoms with Crippen molar-refractivity contribution < 1.29 is 4.74 Å². The number of fused-ring (bicyclic) bond motifs is 4. The van der Waals surface area contributed by atoms with Crippen LogP contribution in [0, 0.1) is 3.57 Å². The van der Waals surface area contributed by atoms with Crippen LogP contribution in [0.25, 0.3) is 33.3 Å². The average Bonchev–Trinajstić information content (AvgIpc) is 2.67. The van der Waals surface area contributed by atoms with Crippen LogP contribution < -0.4 is 4.74 Å². The fraction of sp³-hybridized carbons (Fsp3) is 0.0455. The first-order chi connectivity index (χ1) is 12.3. The highest BCUT2D eigenvalue weighted by molar-refractivity contribution is 14.1. The number of pyridine rings is 1. The number of rotatable bonds is 1. The molecule has 2 nitrogen and oxygen atoms in total. The highest BCUT2D eigenvalue weighted by Crippen LogP contribution is 2.43. The fourth-order valence-electron chi connectivity index (χ4n) is 3.51. The second-order valence-corrected chi connectivity index (χ2v) is 7.37. The predicted octanol–water partition coefficient (Wildman–Crippen LogP) is 6.07. The van der Waals surface area contributed by atoms with E-state index < -0.39 is 0 Å². The van der Waals surface area contributed by atoms with Crippen molar-refractivity contribution in [3.8, 4) is 28.1 Å². The monoisotopic (exact) mass is 435 g/mol. The van der Waals surface area contributed by atoms with Gasteiger partial charge in [0.15, 0.2) is 0 Å². The molecule has 0 fully saturated rings. The minimum Gasteiger partial charge on any atom is -0.488 e. The van der Waals surface area contributed by atoms with Crippen LogP contribution in [0.15, 0.2) is 72.8 Å². The first-order valence-corrected chi connectivity index (χ1v) is 9.29. The van der Waals surface area contributed by atoms with Crippen molar-refractivity contribution in [2.24, 2.45) is 0 Å². The summed E-state index contributed by atoms with van der Waals surface area (Å²) in [7, 11) is 0.